The molecule has 3 rings (SSSR count). The molecule has 98 valence electrons. The van der Waals surface area contributed by atoms with Gasteiger partial charge in [-0.25, -0.2) is 14.4 Å². The summed E-state index contributed by atoms with van der Waals surface area (Å²) in [4.78, 5) is 14.9. The molecule has 5 heteroatoms. The number of aromatic nitrogens is 3. The molecular weight excluding hydrogens is 243 g/mol. The maximum absolute atomic E-state index is 13.6. The molecule has 1 aliphatic rings. The summed E-state index contributed by atoms with van der Waals surface area (Å²) in [6.45, 7) is 4.06. The van der Waals surface area contributed by atoms with E-state index in [0.717, 1.165) is 36.6 Å². The van der Waals surface area contributed by atoms with Crippen LogP contribution in [0.25, 0.3) is 0 Å². The van der Waals surface area contributed by atoms with Gasteiger partial charge in [0.1, 0.15) is 11.6 Å². The van der Waals surface area contributed by atoms with Gasteiger partial charge in [-0.15, -0.1) is 0 Å². The summed E-state index contributed by atoms with van der Waals surface area (Å²) in [5.74, 6) is 0.566. The predicted octanol–water partition coefficient (Wildman–Crippen LogP) is 1.88. The zero-order valence-electron chi connectivity index (χ0n) is 10.8. The molecule has 1 aliphatic heterocycles. The highest BCUT2D eigenvalue weighted by molar-refractivity contribution is 5.20. The minimum Gasteiger partial charge on any atom is -0.293 e. The average molecular weight is 258 g/mol. The highest BCUT2D eigenvalue weighted by Gasteiger charge is 2.19. The molecule has 0 amide bonds. The topological polar surface area (TPSA) is 41.9 Å². The van der Waals surface area contributed by atoms with Crippen LogP contribution in [0.3, 0.4) is 0 Å². The van der Waals surface area contributed by atoms with Crippen LogP contribution < -0.4 is 0 Å². The SMILES string of the molecule is Cc1ncc2c(n1)CCN(Cc1ncccc1F)C2. The van der Waals surface area contributed by atoms with Crippen LogP contribution >= 0.6 is 0 Å². The third kappa shape index (κ3) is 2.61. The molecule has 0 saturated carbocycles. The summed E-state index contributed by atoms with van der Waals surface area (Å²) in [5, 5.41) is 0. The van der Waals surface area contributed by atoms with Gasteiger partial charge in [0.25, 0.3) is 0 Å². The van der Waals surface area contributed by atoms with E-state index in [2.05, 4.69) is 19.9 Å². The third-order valence-corrected chi connectivity index (χ3v) is 3.34. The number of pyridine rings is 1. The van der Waals surface area contributed by atoms with Crippen LogP contribution in [0.4, 0.5) is 4.39 Å². The Hall–Kier alpha value is -1.88. The second-order valence-corrected chi connectivity index (χ2v) is 4.78. The molecule has 0 bridgehead atoms. The van der Waals surface area contributed by atoms with Crippen molar-refractivity contribution in [2.75, 3.05) is 6.54 Å². The van der Waals surface area contributed by atoms with Gasteiger partial charge in [0.05, 0.1) is 5.69 Å². The van der Waals surface area contributed by atoms with Crippen molar-refractivity contribution in [3.63, 3.8) is 0 Å². The van der Waals surface area contributed by atoms with Gasteiger partial charge < -0.3 is 0 Å². The number of hydrogen-bond acceptors (Lipinski definition) is 4. The van der Waals surface area contributed by atoms with Gasteiger partial charge in [0.15, 0.2) is 0 Å². The van der Waals surface area contributed by atoms with Gasteiger partial charge in [-0.2, -0.15) is 0 Å². The number of halogens is 1. The van der Waals surface area contributed by atoms with Crippen LogP contribution in [0.1, 0.15) is 22.8 Å². The Balaban J connectivity index is 1.76. The smallest absolute Gasteiger partial charge is 0.146 e. The zero-order valence-corrected chi connectivity index (χ0v) is 10.8. The van der Waals surface area contributed by atoms with E-state index in [9.17, 15) is 4.39 Å². The molecule has 0 fully saturated rings. The first-order chi connectivity index (χ1) is 9.22. The molecule has 2 aromatic heterocycles. The lowest BCUT2D eigenvalue weighted by Crippen LogP contribution is -2.31. The van der Waals surface area contributed by atoms with E-state index < -0.39 is 0 Å². The predicted molar refractivity (Wildman–Crippen MR) is 68.8 cm³/mol. The van der Waals surface area contributed by atoms with E-state index in [0.29, 0.717) is 12.2 Å². The Morgan fingerprint density at radius 2 is 2.26 bits per heavy atom. The van der Waals surface area contributed by atoms with Crippen molar-refractivity contribution in [2.24, 2.45) is 0 Å². The first-order valence-electron chi connectivity index (χ1n) is 6.35. The number of fused-ring (bicyclic) bond motifs is 1. The van der Waals surface area contributed by atoms with Crippen LogP contribution in [-0.4, -0.2) is 26.4 Å². The molecule has 0 aliphatic carbocycles. The Labute approximate surface area is 111 Å². The fraction of sp³-hybridized carbons (Fsp3) is 0.357. The van der Waals surface area contributed by atoms with Crippen molar-refractivity contribution in [2.45, 2.75) is 26.4 Å². The Kier molecular flexibility index (Phi) is 3.21. The molecule has 3 heterocycles. The van der Waals surface area contributed by atoms with Crippen LogP contribution in [0, 0.1) is 12.7 Å². The van der Waals surface area contributed by atoms with Crippen LogP contribution in [0.2, 0.25) is 0 Å². The first-order valence-corrected chi connectivity index (χ1v) is 6.35. The summed E-state index contributed by atoms with van der Waals surface area (Å²) < 4.78 is 13.6. The molecule has 0 unspecified atom stereocenters. The number of aryl methyl sites for hydroxylation is 1. The molecule has 0 atom stereocenters. The van der Waals surface area contributed by atoms with Crippen LogP contribution in [0.5, 0.6) is 0 Å². The lowest BCUT2D eigenvalue weighted by atomic mass is 10.1. The van der Waals surface area contributed by atoms with Crippen molar-refractivity contribution in [1.82, 2.24) is 19.9 Å². The summed E-state index contributed by atoms with van der Waals surface area (Å²) in [5.41, 5.74) is 2.75. The highest BCUT2D eigenvalue weighted by atomic mass is 19.1. The normalized spacial score (nSPS) is 15.3. The average Bonchev–Trinajstić information content (AvgIpc) is 2.41. The van der Waals surface area contributed by atoms with Crippen molar-refractivity contribution >= 4 is 0 Å². The molecule has 0 saturated heterocycles. The summed E-state index contributed by atoms with van der Waals surface area (Å²) in [7, 11) is 0. The van der Waals surface area contributed by atoms with E-state index >= 15 is 0 Å². The number of nitrogens with zero attached hydrogens (tertiary/aromatic N) is 4. The van der Waals surface area contributed by atoms with E-state index in [-0.39, 0.29) is 5.82 Å². The maximum atomic E-state index is 13.6. The van der Waals surface area contributed by atoms with E-state index in [4.69, 9.17) is 0 Å². The van der Waals surface area contributed by atoms with Gasteiger partial charge in [0, 0.05) is 49.7 Å². The van der Waals surface area contributed by atoms with E-state index in [1.165, 1.54) is 6.07 Å². The minimum atomic E-state index is -0.242. The number of hydrogen-bond donors (Lipinski definition) is 0. The molecule has 0 radical (unpaired) electrons. The molecule has 4 nitrogen and oxygen atoms in total. The second kappa shape index (κ2) is 5.01. The molecule has 2 aromatic rings. The first kappa shape index (κ1) is 12.2. The lowest BCUT2D eigenvalue weighted by Gasteiger charge is -2.27. The highest BCUT2D eigenvalue weighted by Crippen LogP contribution is 2.18. The molecule has 19 heavy (non-hydrogen) atoms. The summed E-state index contributed by atoms with van der Waals surface area (Å²) >= 11 is 0. The molecule has 0 N–H and O–H groups in total. The fourth-order valence-corrected chi connectivity index (χ4v) is 2.36. The Morgan fingerprint density at radius 3 is 3.11 bits per heavy atom. The number of rotatable bonds is 2. The van der Waals surface area contributed by atoms with Gasteiger partial charge in [0.2, 0.25) is 0 Å². The lowest BCUT2D eigenvalue weighted by molar-refractivity contribution is 0.236. The summed E-state index contributed by atoms with van der Waals surface area (Å²) in [6, 6.07) is 3.06. The Morgan fingerprint density at radius 1 is 1.37 bits per heavy atom. The molecule has 0 spiro atoms. The van der Waals surface area contributed by atoms with Crippen molar-refractivity contribution in [3.05, 3.63) is 53.1 Å². The zero-order chi connectivity index (χ0) is 13.2. The molecule has 0 aromatic carbocycles. The van der Waals surface area contributed by atoms with Gasteiger partial charge in [-0.05, 0) is 19.1 Å². The van der Waals surface area contributed by atoms with Crippen LogP contribution in [0.15, 0.2) is 24.5 Å². The van der Waals surface area contributed by atoms with Gasteiger partial charge in [-0.1, -0.05) is 0 Å². The van der Waals surface area contributed by atoms with E-state index in [1.807, 2.05) is 13.1 Å². The third-order valence-electron chi connectivity index (χ3n) is 3.34. The monoisotopic (exact) mass is 258 g/mol. The quantitative estimate of drug-likeness (QED) is 0.824. The fourth-order valence-electron chi connectivity index (χ4n) is 2.36. The van der Waals surface area contributed by atoms with E-state index in [1.54, 1.807) is 12.3 Å². The van der Waals surface area contributed by atoms with Crippen LogP contribution in [-0.2, 0) is 19.5 Å². The van der Waals surface area contributed by atoms with Gasteiger partial charge in [-0.3, -0.25) is 9.88 Å². The minimum absolute atomic E-state index is 0.242. The Bertz CT molecular complexity index is 600. The maximum Gasteiger partial charge on any atom is 0.146 e. The van der Waals surface area contributed by atoms with Crippen molar-refractivity contribution < 1.29 is 4.39 Å². The van der Waals surface area contributed by atoms with Crippen molar-refractivity contribution in [1.29, 1.82) is 0 Å². The largest absolute Gasteiger partial charge is 0.293 e. The molecular formula is C14H15FN4. The standard InChI is InChI=1S/C14H15FN4/c1-10-17-7-11-8-19(6-4-13(11)18-10)9-14-12(15)3-2-5-16-14/h2-3,5,7H,4,6,8-9H2,1H3. The van der Waals surface area contributed by atoms with Gasteiger partial charge >= 0.3 is 0 Å². The summed E-state index contributed by atoms with van der Waals surface area (Å²) in [6.07, 6.45) is 4.38. The van der Waals surface area contributed by atoms with Crippen molar-refractivity contribution in [3.8, 4) is 0 Å². The second-order valence-electron chi connectivity index (χ2n) is 4.78.